The Bertz CT molecular complexity index is 1540. The SMILES string of the molecule is Cc1ccc(-n2cc(-c3ccccc3)nc2NC(=O)CN(Cc2ccccc2)C(=O)c2ccco2)cc1C. The van der Waals surface area contributed by atoms with Gasteiger partial charge in [0.15, 0.2) is 5.76 Å². The van der Waals surface area contributed by atoms with Gasteiger partial charge in [0, 0.05) is 24.0 Å². The molecule has 2 amide bonds. The van der Waals surface area contributed by atoms with E-state index in [4.69, 9.17) is 9.40 Å². The Morgan fingerprint density at radius 2 is 1.63 bits per heavy atom. The van der Waals surface area contributed by atoms with Crippen LogP contribution in [-0.2, 0) is 11.3 Å². The smallest absolute Gasteiger partial charge is 0.290 e. The molecule has 0 fully saturated rings. The summed E-state index contributed by atoms with van der Waals surface area (Å²) in [5.74, 6) is -0.174. The van der Waals surface area contributed by atoms with Crippen LogP contribution >= 0.6 is 0 Å². The Morgan fingerprint density at radius 1 is 0.895 bits per heavy atom. The second-order valence-corrected chi connectivity index (χ2v) is 9.13. The molecule has 3 aromatic carbocycles. The minimum absolute atomic E-state index is 0.172. The van der Waals surface area contributed by atoms with Gasteiger partial charge >= 0.3 is 0 Å². The maximum absolute atomic E-state index is 13.3. The van der Waals surface area contributed by atoms with Crippen LogP contribution in [0.5, 0.6) is 0 Å². The van der Waals surface area contributed by atoms with Crippen LogP contribution in [0, 0.1) is 13.8 Å². The summed E-state index contributed by atoms with van der Waals surface area (Å²) in [5, 5.41) is 2.94. The molecule has 0 saturated heterocycles. The first kappa shape index (κ1) is 24.8. The summed E-state index contributed by atoms with van der Waals surface area (Å²) in [6, 6.07) is 28.7. The highest BCUT2D eigenvalue weighted by Crippen LogP contribution is 2.25. The lowest BCUT2D eigenvalue weighted by atomic mass is 10.1. The van der Waals surface area contributed by atoms with Gasteiger partial charge in [-0.3, -0.25) is 19.5 Å². The predicted molar refractivity (Wildman–Crippen MR) is 147 cm³/mol. The van der Waals surface area contributed by atoms with Crippen LogP contribution in [0.15, 0.2) is 108 Å². The van der Waals surface area contributed by atoms with Crippen LogP contribution in [0.2, 0.25) is 0 Å². The highest BCUT2D eigenvalue weighted by atomic mass is 16.3. The van der Waals surface area contributed by atoms with E-state index in [9.17, 15) is 9.59 Å². The fourth-order valence-corrected chi connectivity index (χ4v) is 4.19. The molecule has 7 heteroatoms. The molecule has 2 aromatic heterocycles. The molecule has 0 aliphatic rings. The van der Waals surface area contributed by atoms with E-state index in [0.717, 1.165) is 28.1 Å². The molecule has 1 N–H and O–H groups in total. The number of anilines is 1. The number of rotatable bonds is 8. The van der Waals surface area contributed by atoms with Gasteiger partial charge in [-0.25, -0.2) is 4.98 Å². The molecular formula is C31H28N4O3. The van der Waals surface area contributed by atoms with Crippen LogP contribution in [0.3, 0.4) is 0 Å². The third-order valence-electron chi connectivity index (χ3n) is 6.37. The van der Waals surface area contributed by atoms with Crippen LogP contribution in [-0.4, -0.2) is 32.8 Å². The van der Waals surface area contributed by atoms with Crippen LogP contribution in [0.4, 0.5) is 5.95 Å². The Balaban J connectivity index is 1.44. The lowest BCUT2D eigenvalue weighted by molar-refractivity contribution is -0.117. The van der Waals surface area contributed by atoms with Crippen molar-refractivity contribution >= 4 is 17.8 Å². The van der Waals surface area contributed by atoms with E-state index in [-0.39, 0.29) is 30.7 Å². The summed E-state index contributed by atoms with van der Waals surface area (Å²) in [5.41, 5.74) is 5.76. The van der Waals surface area contributed by atoms with Gasteiger partial charge in [0.2, 0.25) is 11.9 Å². The molecule has 0 atom stereocenters. The largest absolute Gasteiger partial charge is 0.459 e. The van der Waals surface area contributed by atoms with Crippen molar-refractivity contribution in [1.82, 2.24) is 14.5 Å². The minimum Gasteiger partial charge on any atom is -0.459 e. The van der Waals surface area contributed by atoms with Crippen molar-refractivity contribution in [2.24, 2.45) is 0 Å². The normalized spacial score (nSPS) is 10.8. The summed E-state index contributed by atoms with van der Waals surface area (Å²) in [6.07, 6.45) is 3.35. The Labute approximate surface area is 221 Å². The average Bonchev–Trinajstić information content (AvgIpc) is 3.61. The van der Waals surface area contributed by atoms with Crippen molar-refractivity contribution in [3.8, 4) is 16.9 Å². The van der Waals surface area contributed by atoms with E-state index in [1.165, 1.54) is 16.7 Å². The number of furan rings is 1. The molecule has 7 nitrogen and oxygen atoms in total. The van der Waals surface area contributed by atoms with Gasteiger partial charge in [-0.2, -0.15) is 0 Å². The maximum atomic E-state index is 13.3. The quantitative estimate of drug-likeness (QED) is 0.280. The number of hydrogen-bond donors (Lipinski definition) is 1. The monoisotopic (exact) mass is 504 g/mol. The topological polar surface area (TPSA) is 80.4 Å². The Morgan fingerprint density at radius 3 is 2.32 bits per heavy atom. The summed E-state index contributed by atoms with van der Waals surface area (Å²) < 4.78 is 7.19. The van der Waals surface area contributed by atoms with Crippen molar-refractivity contribution in [1.29, 1.82) is 0 Å². The van der Waals surface area contributed by atoms with Crippen molar-refractivity contribution in [3.63, 3.8) is 0 Å². The number of carbonyl (C=O) groups is 2. The number of hydrogen-bond acceptors (Lipinski definition) is 4. The zero-order valence-corrected chi connectivity index (χ0v) is 21.3. The zero-order chi connectivity index (χ0) is 26.5. The molecule has 0 bridgehead atoms. The number of nitrogens with zero attached hydrogens (tertiary/aromatic N) is 3. The van der Waals surface area contributed by atoms with E-state index in [1.807, 2.05) is 90.5 Å². The van der Waals surface area contributed by atoms with Gasteiger partial charge in [0.25, 0.3) is 5.91 Å². The summed E-state index contributed by atoms with van der Waals surface area (Å²) in [4.78, 5) is 32.7. The molecule has 2 heterocycles. The number of amides is 2. The van der Waals surface area contributed by atoms with Crippen molar-refractivity contribution < 1.29 is 14.0 Å². The second kappa shape index (κ2) is 11.0. The first-order chi connectivity index (χ1) is 18.5. The van der Waals surface area contributed by atoms with Crippen molar-refractivity contribution in [3.05, 3.63) is 126 Å². The first-order valence-electron chi connectivity index (χ1n) is 12.4. The summed E-state index contributed by atoms with van der Waals surface area (Å²) >= 11 is 0. The molecule has 5 aromatic rings. The highest BCUT2D eigenvalue weighted by molar-refractivity contribution is 5.97. The predicted octanol–water partition coefficient (Wildman–Crippen LogP) is 6.03. The standard InChI is InChI=1S/C31H28N4O3/c1-22-15-16-26(18-23(22)2)35-20-27(25-12-7-4-8-13-25)32-31(35)33-29(36)21-34(19-24-10-5-3-6-11-24)30(37)28-14-9-17-38-28/h3-18,20H,19,21H2,1-2H3,(H,32,33,36). The maximum Gasteiger partial charge on any atom is 0.290 e. The fraction of sp³-hybridized carbons (Fsp3) is 0.129. The number of benzene rings is 3. The van der Waals surface area contributed by atoms with Gasteiger partial charge in [0.05, 0.1) is 12.0 Å². The number of carbonyl (C=O) groups excluding carboxylic acids is 2. The second-order valence-electron chi connectivity index (χ2n) is 9.13. The van der Waals surface area contributed by atoms with Gasteiger partial charge in [-0.15, -0.1) is 0 Å². The van der Waals surface area contributed by atoms with Gasteiger partial charge in [0.1, 0.15) is 6.54 Å². The molecule has 0 radical (unpaired) electrons. The minimum atomic E-state index is -0.365. The van der Waals surface area contributed by atoms with Crippen LogP contribution in [0.1, 0.15) is 27.2 Å². The molecule has 38 heavy (non-hydrogen) atoms. The lowest BCUT2D eigenvalue weighted by Crippen LogP contribution is -2.37. The Hall–Kier alpha value is -4.91. The molecule has 0 saturated carbocycles. The zero-order valence-electron chi connectivity index (χ0n) is 21.3. The van der Waals surface area contributed by atoms with E-state index in [0.29, 0.717) is 5.95 Å². The Kier molecular flexibility index (Phi) is 7.17. The highest BCUT2D eigenvalue weighted by Gasteiger charge is 2.23. The molecule has 0 unspecified atom stereocenters. The molecule has 0 aliphatic heterocycles. The molecular weight excluding hydrogens is 476 g/mol. The fourth-order valence-electron chi connectivity index (χ4n) is 4.19. The molecule has 0 spiro atoms. The van der Waals surface area contributed by atoms with Gasteiger partial charge in [-0.05, 0) is 54.8 Å². The van der Waals surface area contributed by atoms with Crippen LogP contribution in [0.25, 0.3) is 16.9 Å². The van der Waals surface area contributed by atoms with E-state index in [2.05, 4.69) is 18.3 Å². The van der Waals surface area contributed by atoms with E-state index < -0.39 is 0 Å². The number of imidazole rings is 1. The lowest BCUT2D eigenvalue weighted by Gasteiger charge is -2.21. The van der Waals surface area contributed by atoms with Crippen molar-refractivity contribution in [2.75, 3.05) is 11.9 Å². The summed E-state index contributed by atoms with van der Waals surface area (Å²) in [7, 11) is 0. The van der Waals surface area contributed by atoms with Crippen molar-refractivity contribution in [2.45, 2.75) is 20.4 Å². The number of aromatic nitrogens is 2. The average molecular weight is 505 g/mol. The number of nitrogens with one attached hydrogen (secondary N) is 1. The van der Waals surface area contributed by atoms with Gasteiger partial charge in [-0.1, -0.05) is 66.7 Å². The number of aryl methyl sites for hydroxylation is 2. The van der Waals surface area contributed by atoms with E-state index in [1.54, 1.807) is 12.1 Å². The first-order valence-corrected chi connectivity index (χ1v) is 12.4. The summed E-state index contributed by atoms with van der Waals surface area (Å²) in [6.45, 7) is 4.19. The molecule has 0 aliphatic carbocycles. The molecule has 5 rings (SSSR count). The third kappa shape index (κ3) is 5.57. The third-order valence-corrected chi connectivity index (χ3v) is 6.37. The van der Waals surface area contributed by atoms with E-state index >= 15 is 0 Å². The van der Waals surface area contributed by atoms with Crippen LogP contribution < -0.4 is 5.32 Å². The van der Waals surface area contributed by atoms with Gasteiger partial charge < -0.3 is 9.32 Å². The molecule has 190 valence electrons.